The number of ketones is 1. The number of ether oxygens (including phenoxy) is 3. The molecule has 1 aromatic rings. The Kier molecular flexibility index (Phi) is 35.9. The van der Waals surface area contributed by atoms with Crippen LogP contribution >= 0.6 is 11.3 Å². The molecule has 0 spiro atoms. The SMILES string of the molecule is CCCCCCCCC(CCCCCCCC)OC(=O)CCCCC(=O)N1CCc2c(sc(C(C)(C)C(=O)CCCCC(=O)OC(CCCCCC)CCCCCCCC)c2C(=O)OCCCN(C)C)C1. The second kappa shape index (κ2) is 39.6. The van der Waals surface area contributed by atoms with Gasteiger partial charge >= 0.3 is 17.9 Å². The predicted octanol–water partition coefficient (Wildman–Crippen LogP) is 15.8. The Morgan fingerprint density at radius 1 is 0.563 bits per heavy atom. The minimum absolute atomic E-state index is 0.0156. The van der Waals surface area contributed by atoms with Crippen LogP contribution < -0.4 is 0 Å². The van der Waals surface area contributed by atoms with Crippen LogP contribution in [-0.4, -0.2) is 85.4 Å². The van der Waals surface area contributed by atoms with Gasteiger partial charge in [-0.3, -0.25) is 19.2 Å². The van der Waals surface area contributed by atoms with Crippen molar-refractivity contribution in [2.24, 2.45) is 0 Å². The molecule has 1 aromatic heterocycles. The van der Waals surface area contributed by atoms with Crippen LogP contribution in [-0.2, 0) is 51.8 Å². The zero-order valence-electron chi connectivity index (χ0n) is 47.0. The summed E-state index contributed by atoms with van der Waals surface area (Å²) in [7, 11) is 3.98. The van der Waals surface area contributed by atoms with Crippen molar-refractivity contribution in [3.05, 3.63) is 20.9 Å². The molecule has 1 unspecified atom stereocenters. The number of hydrogen-bond acceptors (Lipinski definition) is 10. The number of hydrogen-bond donors (Lipinski definition) is 0. The van der Waals surface area contributed by atoms with Gasteiger partial charge in [0.2, 0.25) is 5.91 Å². The van der Waals surface area contributed by atoms with Crippen molar-refractivity contribution in [2.75, 3.05) is 33.8 Å². The smallest absolute Gasteiger partial charge is 0.339 e. The molecule has 0 fully saturated rings. The van der Waals surface area contributed by atoms with Gasteiger partial charge in [-0.15, -0.1) is 11.3 Å². The van der Waals surface area contributed by atoms with Crippen LogP contribution in [0.3, 0.4) is 0 Å². The van der Waals surface area contributed by atoms with E-state index in [9.17, 15) is 24.0 Å². The molecule has 2 heterocycles. The second-order valence-corrected chi connectivity index (χ2v) is 22.9. The van der Waals surface area contributed by atoms with Crippen LogP contribution in [0.4, 0.5) is 0 Å². The van der Waals surface area contributed by atoms with Crippen molar-refractivity contribution in [2.45, 2.75) is 297 Å². The maximum atomic E-state index is 14.1. The Balaban J connectivity index is 2.02. The summed E-state index contributed by atoms with van der Waals surface area (Å²) in [5.41, 5.74) is 0.413. The third-order valence-electron chi connectivity index (χ3n) is 14.5. The van der Waals surface area contributed by atoms with E-state index in [0.29, 0.717) is 81.3 Å². The monoisotopic (exact) mass is 1010 g/mol. The zero-order valence-corrected chi connectivity index (χ0v) is 47.8. The van der Waals surface area contributed by atoms with Crippen molar-refractivity contribution in [1.82, 2.24) is 9.80 Å². The first-order chi connectivity index (χ1) is 34.3. The second-order valence-electron chi connectivity index (χ2n) is 21.8. The molecule has 71 heavy (non-hydrogen) atoms. The average molecular weight is 1020 g/mol. The molecule has 0 radical (unpaired) electrons. The largest absolute Gasteiger partial charge is 0.462 e. The topological polar surface area (TPSA) is 120 Å². The summed E-state index contributed by atoms with van der Waals surface area (Å²) in [5.74, 6) is -0.667. The van der Waals surface area contributed by atoms with Gasteiger partial charge in [-0.2, -0.15) is 0 Å². The normalized spacial score (nSPS) is 13.2. The van der Waals surface area contributed by atoms with E-state index in [2.05, 4.69) is 32.6 Å². The number of fused-ring (bicyclic) bond motifs is 1. The quantitative estimate of drug-likeness (QED) is 0.0357. The molecular formula is C60H106N2O8S. The zero-order chi connectivity index (χ0) is 52.1. The Morgan fingerprint density at radius 2 is 0.986 bits per heavy atom. The van der Waals surface area contributed by atoms with E-state index in [1.807, 2.05) is 32.8 Å². The van der Waals surface area contributed by atoms with E-state index in [1.165, 1.54) is 127 Å². The van der Waals surface area contributed by atoms with E-state index in [-0.39, 0.29) is 48.9 Å². The molecule has 0 saturated heterocycles. The van der Waals surface area contributed by atoms with Gasteiger partial charge in [0, 0.05) is 48.5 Å². The van der Waals surface area contributed by atoms with Crippen LogP contribution in [0.5, 0.6) is 0 Å². The molecule has 0 saturated carbocycles. The number of carbonyl (C=O) groups is 5. The molecule has 1 aliphatic rings. The summed E-state index contributed by atoms with van der Waals surface area (Å²) in [6.45, 7) is 14.6. The first-order valence-corrected chi connectivity index (χ1v) is 30.3. The van der Waals surface area contributed by atoms with Gasteiger partial charge in [-0.05, 0) is 123 Å². The Morgan fingerprint density at radius 3 is 1.45 bits per heavy atom. The molecule has 10 nitrogen and oxygen atoms in total. The number of rotatable bonds is 45. The average Bonchev–Trinajstić information content (AvgIpc) is 3.75. The van der Waals surface area contributed by atoms with Gasteiger partial charge < -0.3 is 24.0 Å². The van der Waals surface area contributed by atoms with Crippen molar-refractivity contribution in [3.8, 4) is 0 Å². The minimum atomic E-state index is -0.965. The van der Waals surface area contributed by atoms with Gasteiger partial charge in [-0.1, -0.05) is 143 Å². The van der Waals surface area contributed by atoms with Crippen molar-refractivity contribution < 1.29 is 38.2 Å². The molecule has 11 heteroatoms. The number of unbranched alkanes of at least 4 members (excludes halogenated alkanes) is 20. The minimum Gasteiger partial charge on any atom is -0.462 e. The number of amides is 1. The number of Topliss-reactive ketones (excluding diaryl/α,β-unsaturated/α-hetero) is 1. The fraction of sp³-hybridized carbons (Fsp3) is 0.850. The van der Waals surface area contributed by atoms with Gasteiger partial charge in [0.15, 0.2) is 0 Å². The molecule has 1 aliphatic heterocycles. The molecular weight excluding hydrogens is 909 g/mol. The molecule has 1 atom stereocenters. The summed E-state index contributed by atoms with van der Waals surface area (Å²) >= 11 is 1.46. The van der Waals surface area contributed by atoms with E-state index < -0.39 is 11.4 Å². The first-order valence-electron chi connectivity index (χ1n) is 29.5. The lowest BCUT2D eigenvalue weighted by Crippen LogP contribution is -2.35. The Hall–Kier alpha value is -2.79. The highest BCUT2D eigenvalue weighted by molar-refractivity contribution is 7.13. The van der Waals surface area contributed by atoms with Crippen molar-refractivity contribution in [1.29, 1.82) is 0 Å². The van der Waals surface area contributed by atoms with E-state index in [0.717, 1.165) is 68.4 Å². The van der Waals surface area contributed by atoms with Crippen LogP contribution in [0.1, 0.15) is 292 Å². The third-order valence-corrected chi connectivity index (χ3v) is 16.1. The lowest BCUT2D eigenvalue weighted by Gasteiger charge is -2.27. The highest BCUT2D eigenvalue weighted by Gasteiger charge is 2.39. The number of nitrogens with zero attached hydrogens (tertiary/aromatic N) is 2. The van der Waals surface area contributed by atoms with Crippen molar-refractivity contribution >= 4 is 40.9 Å². The summed E-state index contributed by atoms with van der Waals surface area (Å²) in [5, 5.41) is 0. The summed E-state index contributed by atoms with van der Waals surface area (Å²) < 4.78 is 18.0. The molecule has 1 amide bonds. The summed E-state index contributed by atoms with van der Waals surface area (Å²) in [4.78, 5) is 73.4. The number of thiophene rings is 1. The van der Waals surface area contributed by atoms with E-state index in [4.69, 9.17) is 14.2 Å². The van der Waals surface area contributed by atoms with Crippen LogP contribution in [0, 0.1) is 0 Å². The van der Waals surface area contributed by atoms with Crippen LogP contribution in [0.2, 0.25) is 0 Å². The summed E-state index contributed by atoms with van der Waals surface area (Å²) in [6.07, 6.45) is 35.0. The lowest BCUT2D eigenvalue weighted by atomic mass is 9.81. The third kappa shape index (κ3) is 27.9. The lowest BCUT2D eigenvalue weighted by molar-refractivity contribution is -0.151. The maximum absolute atomic E-state index is 14.1. The van der Waals surface area contributed by atoms with Crippen LogP contribution in [0.25, 0.3) is 0 Å². The van der Waals surface area contributed by atoms with Crippen molar-refractivity contribution in [3.63, 3.8) is 0 Å². The van der Waals surface area contributed by atoms with E-state index >= 15 is 0 Å². The molecule has 410 valence electrons. The standard InChI is InChI=1S/C60H106N2O8S/c1-9-13-17-21-24-28-37-49(36-27-20-16-12-4)69-55(65)42-33-31-40-53(63)60(5,6)58-57(59(67)68-47-35-45-61(7)8)51-44-46-62(48-52(51)71-58)54(64)41-32-34-43-56(66)70-50(38-29-25-22-18-14-10-2)39-30-26-23-19-15-11-3/h49-50H,9-48H2,1-8H3. The highest BCUT2D eigenvalue weighted by Crippen LogP contribution is 2.42. The van der Waals surface area contributed by atoms with Gasteiger partial charge in [0.1, 0.15) is 18.0 Å². The molecule has 2 rings (SSSR count). The molecule has 0 N–H and O–H groups in total. The molecule has 0 aliphatic carbocycles. The number of carbonyl (C=O) groups excluding carboxylic acids is 5. The molecule has 0 bridgehead atoms. The van der Waals surface area contributed by atoms with Gasteiger partial charge in [-0.25, -0.2) is 4.79 Å². The van der Waals surface area contributed by atoms with E-state index in [1.54, 1.807) is 0 Å². The Bertz CT molecular complexity index is 1590. The number of esters is 3. The van der Waals surface area contributed by atoms with Gasteiger partial charge in [0.05, 0.1) is 24.1 Å². The van der Waals surface area contributed by atoms with Gasteiger partial charge in [0.25, 0.3) is 0 Å². The summed E-state index contributed by atoms with van der Waals surface area (Å²) in [6, 6.07) is 0. The Labute approximate surface area is 438 Å². The fourth-order valence-corrected chi connectivity index (χ4v) is 11.3. The maximum Gasteiger partial charge on any atom is 0.339 e. The molecule has 0 aromatic carbocycles. The predicted molar refractivity (Wildman–Crippen MR) is 294 cm³/mol. The fourth-order valence-electron chi connectivity index (χ4n) is 9.86. The first kappa shape index (κ1) is 64.3. The van der Waals surface area contributed by atoms with Crippen LogP contribution in [0.15, 0.2) is 0 Å². The highest BCUT2D eigenvalue weighted by atomic mass is 32.1.